The summed E-state index contributed by atoms with van der Waals surface area (Å²) in [6.07, 6.45) is 1.86. The van der Waals surface area contributed by atoms with Gasteiger partial charge in [-0.1, -0.05) is 0 Å². The van der Waals surface area contributed by atoms with Crippen LogP contribution in [0.25, 0.3) is 16.9 Å². The van der Waals surface area contributed by atoms with Crippen molar-refractivity contribution < 1.29 is 0 Å². The number of pyridine rings is 1. The van der Waals surface area contributed by atoms with E-state index in [1.165, 1.54) is 3.57 Å². The predicted octanol–water partition coefficient (Wildman–Crippen LogP) is 4.63. The number of fused-ring (bicyclic) bond motifs is 1. The summed E-state index contributed by atoms with van der Waals surface area (Å²) < 4.78 is 3.22. The minimum atomic E-state index is -0.177. The van der Waals surface area contributed by atoms with Gasteiger partial charge in [0.05, 0.1) is 5.38 Å². The molecule has 3 aromatic rings. The predicted molar refractivity (Wildman–Crippen MR) is 90.6 cm³/mol. The van der Waals surface area contributed by atoms with E-state index < -0.39 is 0 Å². The van der Waals surface area contributed by atoms with Crippen LogP contribution in [0, 0.1) is 10.5 Å². The number of aryl methyl sites for hydroxylation is 1. The molecule has 0 aliphatic rings. The van der Waals surface area contributed by atoms with Gasteiger partial charge in [0, 0.05) is 15.5 Å². The number of imidazole rings is 1. The van der Waals surface area contributed by atoms with Gasteiger partial charge < -0.3 is 0 Å². The lowest BCUT2D eigenvalue weighted by atomic mass is 10.3. The quantitative estimate of drug-likeness (QED) is 0.466. The Morgan fingerprint density at radius 1 is 1.25 bits per heavy atom. The van der Waals surface area contributed by atoms with Crippen LogP contribution in [-0.4, -0.2) is 14.5 Å². The van der Waals surface area contributed by atoms with Crippen LogP contribution < -0.4 is 0 Å². The number of rotatable bonds is 2. The van der Waals surface area contributed by atoms with E-state index in [4.69, 9.17) is 11.6 Å². The van der Waals surface area contributed by atoms with Crippen molar-refractivity contribution in [2.24, 2.45) is 0 Å². The molecule has 0 radical (unpaired) electrons. The number of alkyl halides is 1. The molecule has 5 heteroatoms. The molecule has 3 rings (SSSR count). The van der Waals surface area contributed by atoms with Crippen molar-refractivity contribution in [3.05, 3.63) is 51.5 Å². The molecule has 1 atom stereocenters. The van der Waals surface area contributed by atoms with Crippen molar-refractivity contribution in [3.8, 4) is 5.69 Å². The van der Waals surface area contributed by atoms with Gasteiger partial charge in [-0.05, 0) is 72.3 Å². The van der Waals surface area contributed by atoms with E-state index in [-0.39, 0.29) is 5.38 Å². The van der Waals surface area contributed by atoms with Crippen LogP contribution in [0.5, 0.6) is 0 Å². The van der Waals surface area contributed by atoms with Gasteiger partial charge in [-0.2, -0.15) is 0 Å². The monoisotopic (exact) mass is 397 g/mol. The summed E-state index contributed by atoms with van der Waals surface area (Å²) in [6, 6.07) is 10.3. The number of aromatic nitrogens is 3. The smallest absolute Gasteiger partial charge is 0.164 e. The molecule has 1 unspecified atom stereocenters. The minimum Gasteiger partial charge on any atom is -0.279 e. The first-order chi connectivity index (χ1) is 9.56. The van der Waals surface area contributed by atoms with E-state index in [9.17, 15) is 0 Å². The molecule has 0 aliphatic carbocycles. The molecule has 0 aliphatic heterocycles. The van der Waals surface area contributed by atoms with Crippen molar-refractivity contribution in [1.82, 2.24) is 14.5 Å². The Morgan fingerprint density at radius 2 is 1.95 bits per heavy atom. The van der Waals surface area contributed by atoms with Gasteiger partial charge in [-0.25, -0.2) is 9.97 Å². The summed E-state index contributed by atoms with van der Waals surface area (Å²) in [5, 5.41) is -0.177. The fraction of sp³-hybridized carbons (Fsp3) is 0.200. The molecule has 20 heavy (non-hydrogen) atoms. The fourth-order valence-electron chi connectivity index (χ4n) is 2.19. The van der Waals surface area contributed by atoms with Crippen LogP contribution >= 0.6 is 34.2 Å². The zero-order valence-electron chi connectivity index (χ0n) is 11.1. The molecule has 2 aromatic heterocycles. The van der Waals surface area contributed by atoms with Gasteiger partial charge in [0.2, 0.25) is 0 Å². The van der Waals surface area contributed by atoms with Crippen LogP contribution in [0.4, 0.5) is 0 Å². The standard InChI is InChI=1S/C15H13ClIN3/c1-9-7-13-15(18-8-9)20(14(19-13)10(2)16)12-5-3-11(17)4-6-12/h3-8,10H,1-2H3. The van der Waals surface area contributed by atoms with Gasteiger partial charge in [0.1, 0.15) is 11.3 Å². The van der Waals surface area contributed by atoms with Crippen LogP contribution in [0.3, 0.4) is 0 Å². The number of hydrogen-bond acceptors (Lipinski definition) is 2. The van der Waals surface area contributed by atoms with Crippen LogP contribution in [0.1, 0.15) is 23.7 Å². The molecule has 3 nitrogen and oxygen atoms in total. The van der Waals surface area contributed by atoms with Crippen molar-refractivity contribution in [3.63, 3.8) is 0 Å². The Bertz CT molecular complexity index is 763. The largest absolute Gasteiger partial charge is 0.279 e. The van der Waals surface area contributed by atoms with Crippen LogP contribution in [0.15, 0.2) is 36.5 Å². The minimum absolute atomic E-state index is 0.177. The average Bonchev–Trinajstić information content (AvgIpc) is 2.78. The molecular formula is C15H13ClIN3. The number of benzene rings is 1. The lowest BCUT2D eigenvalue weighted by Gasteiger charge is -2.10. The third kappa shape index (κ3) is 2.42. The summed E-state index contributed by atoms with van der Waals surface area (Å²) >= 11 is 8.58. The normalized spacial score (nSPS) is 12.8. The lowest BCUT2D eigenvalue weighted by Crippen LogP contribution is -2.02. The van der Waals surface area contributed by atoms with Crippen molar-refractivity contribution in [2.75, 3.05) is 0 Å². The summed E-state index contributed by atoms with van der Waals surface area (Å²) in [7, 11) is 0. The van der Waals surface area contributed by atoms with E-state index in [0.717, 1.165) is 28.2 Å². The Morgan fingerprint density at radius 3 is 2.60 bits per heavy atom. The van der Waals surface area contributed by atoms with Crippen LogP contribution in [0.2, 0.25) is 0 Å². The van der Waals surface area contributed by atoms with E-state index in [2.05, 4.69) is 56.8 Å². The summed E-state index contributed by atoms with van der Waals surface area (Å²) in [4.78, 5) is 9.16. The molecule has 0 spiro atoms. The second kappa shape index (κ2) is 5.33. The van der Waals surface area contributed by atoms with Gasteiger partial charge >= 0.3 is 0 Å². The molecular weight excluding hydrogens is 385 g/mol. The Kier molecular flexibility index (Phi) is 3.69. The first kappa shape index (κ1) is 13.8. The molecule has 102 valence electrons. The number of hydrogen-bond donors (Lipinski definition) is 0. The van der Waals surface area contributed by atoms with Gasteiger partial charge in [0.25, 0.3) is 0 Å². The Labute approximate surface area is 136 Å². The van der Waals surface area contributed by atoms with E-state index in [1.54, 1.807) is 0 Å². The maximum atomic E-state index is 6.29. The molecule has 0 N–H and O–H groups in total. The highest BCUT2D eigenvalue weighted by atomic mass is 127. The fourth-order valence-corrected chi connectivity index (χ4v) is 2.70. The number of halogens is 2. The summed E-state index contributed by atoms with van der Waals surface area (Å²) in [5.41, 5.74) is 3.86. The van der Waals surface area contributed by atoms with Gasteiger partial charge in [-0.15, -0.1) is 11.6 Å². The summed E-state index contributed by atoms with van der Waals surface area (Å²) in [5.74, 6) is 0.820. The van der Waals surface area contributed by atoms with Crippen molar-refractivity contribution in [2.45, 2.75) is 19.2 Å². The molecule has 0 amide bonds. The Hall–Kier alpha value is -1.14. The molecule has 0 saturated heterocycles. The second-order valence-electron chi connectivity index (χ2n) is 4.75. The number of nitrogens with zero attached hydrogens (tertiary/aromatic N) is 3. The van der Waals surface area contributed by atoms with Crippen molar-refractivity contribution >= 4 is 45.4 Å². The zero-order valence-corrected chi connectivity index (χ0v) is 14.1. The van der Waals surface area contributed by atoms with E-state index in [0.29, 0.717) is 0 Å². The highest BCUT2D eigenvalue weighted by Gasteiger charge is 2.17. The molecule has 0 bridgehead atoms. The first-order valence-corrected chi connectivity index (χ1v) is 7.83. The maximum Gasteiger partial charge on any atom is 0.164 e. The molecule has 2 heterocycles. The zero-order chi connectivity index (χ0) is 14.3. The highest BCUT2D eigenvalue weighted by molar-refractivity contribution is 14.1. The highest BCUT2D eigenvalue weighted by Crippen LogP contribution is 2.27. The maximum absolute atomic E-state index is 6.29. The van der Waals surface area contributed by atoms with Gasteiger partial charge in [-0.3, -0.25) is 4.57 Å². The third-order valence-electron chi connectivity index (χ3n) is 3.10. The molecule has 0 fully saturated rings. The van der Waals surface area contributed by atoms with Crippen molar-refractivity contribution in [1.29, 1.82) is 0 Å². The lowest BCUT2D eigenvalue weighted by molar-refractivity contribution is 0.877. The third-order valence-corrected chi connectivity index (χ3v) is 4.01. The average molecular weight is 398 g/mol. The molecule has 1 aromatic carbocycles. The van der Waals surface area contributed by atoms with Gasteiger partial charge in [0.15, 0.2) is 5.65 Å². The van der Waals surface area contributed by atoms with E-state index >= 15 is 0 Å². The SMILES string of the molecule is Cc1cnc2c(c1)nc(C(C)Cl)n2-c1ccc(I)cc1. The Balaban J connectivity index is 2.31. The summed E-state index contributed by atoms with van der Waals surface area (Å²) in [6.45, 7) is 3.94. The van der Waals surface area contributed by atoms with E-state index in [1.807, 2.05) is 30.7 Å². The molecule has 0 saturated carbocycles. The van der Waals surface area contributed by atoms with Crippen LogP contribution in [-0.2, 0) is 0 Å². The topological polar surface area (TPSA) is 30.7 Å². The first-order valence-electron chi connectivity index (χ1n) is 6.31. The second-order valence-corrected chi connectivity index (χ2v) is 6.65.